The average molecular weight is 274 g/mol. The Morgan fingerprint density at radius 3 is 3.10 bits per heavy atom. The van der Waals surface area contributed by atoms with Gasteiger partial charge in [0.15, 0.2) is 0 Å². The van der Waals surface area contributed by atoms with E-state index in [2.05, 4.69) is 30.2 Å². The minimum atomic E-state index is -0.137. The first-order valence-electron chi connectivity index (χ1n) is 7.43. The van der Waals surface area contributed by atoms with Crippen LogP contribution in [0, 0.1) is 0 Å². The van der Waals surface area contributed by atoms with Gasteiger partial charge in [0.05, 0.1) is 17.2 Å². The maximum atomic E-state index is 12.5. The van der Waals surface area contributed by atoms with Crippen molar-refractivity contribution in [2.75, 3.05) is 6.61 Å². The quantitative estimate of drug-likeness (QED) is 0.899. The molecule has 1 aliphatic heterocycles. The molecule has 1 aromatic heterocycles. The van der Waals surface area contributed by atoms with Gasteiger partial charge < -0.3 is 10.1 Å². The minimum Gasteiger partial charge on any atom is -0.375 e. The van der Waals surface area contributed by atoms with Gasteiger partial charge in [-0.05, 0) is 51.2 Å². The molecular weight excluding hydrogens is 252 g/mol. The highest BCUT2D eigenvalue weighted by Crippen LogP contribution is 2.32. The number of nitrogens with zero attached hydrogens (tertiary/aromatic N) is 1. The van der Waals surface area contributed by atoms with E-state index in [1.165, 1.54) is 5.56 Å². The summed E-state index contributed by atoms with van der Waals surface area (Å²) in [6, 6.07) is 4.24. The van der Waals surface area contributed by atoms with Gasteiger partial charge in [0.1, 0.15) is 0 Å². The van der Waals surface area contributed by atoms with Crippen molar-refractivity contribution in [2.45, 2.75) is 57.1 Å². The first-order valence-corrected chi connectivity index (χ1v) is 7.43. The predicted molar refractivity (Wildman–Crippen MR) is 76.5 cm³/mol. The molecule has 1 saturated heterocycles. The van der Waals surface area contributed by atoms with Gasteiger partial charge >= 0.3 is 0 Å². The number of carbonyl (C=O) groups excluding carboxylic acids is 1. The number of carbonyl (C=O) groups is 1. The standard InChI is InChI=1S/C16H22N2O2/c1-16(2)10-12(7-9-20-16)18-15(19)13-6-5-11-4-3-8-17-14(11)13/h3-4,8,12-13H,5-7,9-10H2,1-2H3,(H,18,19)/t12-,13+/m0/s1. The monoisotopic (exact) mass is 274 g/mol. The Balaban J connectivity index is 1.66. The van der Waals surface area contributed by atoms with Crippen LogP contribution < -0.4 is 5.32 Å². The Morgan fingerprint density at radius 2 is 2.30 bits per heavy atom. The molecule has 2 heterocycles. The molecule has 4 heteroatoms. The van der Waals surface area contributed by atoms with Gasteiger partial charge in [-0.1, -0.05) is 6.07 Å². The van der Waals surface area contributed by atoms with E-state index in [0.717, 1.165) is 38.0 Å². The molecule has 1 N–H and O–H groups in total. The van der Waals surface area contributed by atoms with Crippen molar-refractivity contribution in [3.63, 3.8) is 0 Å². The number of aryl methyl sites for hydroxylation is 1. The normalized spacial score (nSPS) is 27.9. The Kier molecular flexibility index (Phi) is 3.50. The van der Waals surface area contributed by atoms with Crippen LogP contribution >= 0.6 is 0 Å². The van der Waals surface area contributed by atoms with E-state index in [0.29, 0.717) is 0 Å². The summed E-state index contributed by atoms with van der Waals surface area (Å²) < 4.78 is 5.70. The van der Waals surface area contributed by atoms with Crippen molar-refractivity contribution in [1.82, 2.24) is 10.3 Å². The Hall–Kier alpha value is -1.42. The molecule has 1 aromatic rings. The molecule has 2 aliphatic rings. The Bertz CT molecular complexity index is 513. The molecule has 108 valence electrons. The van der Waals surface area contributed by atoms with Crippen molar-refractivity contribution in [1.29, 1.82) is 0 Å². The smallest absolute Gasteiger partial charge is 0.229 e. The summed E-state index contributed by atoms with van der Waals surface area (Å²) in [5.74, 6) is 0.0577. The highest BCUT2D eigenvalue weighted by Gasteiger charge is 2.34. The van der Waals surface area contributed by atoms with E-state index >= 15 is 0 Å². The summed E-state index contributed by atoms with van der Waals surface area (Å²) in [4.78, 5) is 16.9. The van der Waals surface area contributed by atoms with E-state index in [1.54, 1.807) is 6.20 Å². The third-order valence-corrected chi connectivity index (χ3v) is 4.32. The maximum Gasteiger partial charge on any atom is 0.229 e. The number of nitrogens with one attached hydrogen (secondary N) is 1. The van der Waals surface area contributed by atoms with Gasteiger partial charge in [-0.3, -0.25) is 9.78 Å². The van der Waals surface area contributed by atoms with Crippen molar-refractivity contribution in [3.8, 4) is 0 Å². The van der Waals surface area contributed by atoms with Gasteiger partial charge in [0, 0.05) is 18.8 Å². The lowest BCUT2D eigenvalue weighted by atomic mass is 9.93. The maximum absolute atomic E-state index is 12.5. The number of aromatic nitrogens is 1. The van der Waals surface area contributed by atoms with Crippen LogP contribution in [0.3, 0.4) is 0 Å². The lowest BCUT2D eigenvalue weighted by Crippen LogP contribution is -2.46. The molecule has 1 aliphatic carbocycles. The van der Waals surface area contributed by atoms with Crippen LogP contribution in [0.15, 0.2) is 18.3 Å². The number of rotatable bonds is 2. The molecule has 0 saturated carbocycles. The molecule has 0 bridgehead atoms. The van der Waals surface area contributed by atoms with Crippen LogP contribution in [0.25, 0.3) is 0 Å². The fourth-order valence-corrected chi connectivity index (χ4v) is 3.32. The summed E-state index contributed by atoms with van der Waals surface area (Å²) in [6.45, 7) is 4.88. The molecule has 1 amide bonds. The van der Waals surface area contributed by atoms with E-state index in [9.17, 15) is 4.79 Å². The van der Waals surface area contributed by atoms with Crippen LogP contribution in [0.5, 0.6) is 0 Å². The van der Waals surface area contributed by atoms with Crippen LogP contribution in [-0.2, 0) is 16.0 Å². The molecule has 20 heavy (non-hydrogen) atoms. The molecule has 1 fully saturated rings. The highest BCUT2D eigenvalue weighted by molar-refractivity contribution is 5.84. The summed E-state index contributed by atoms with van der Waals surface area (Å²) in [6.07, 6.45) is 5.39. The summed E-state index contributed by atoms with van der Waals surface area (Å²) in [7, 11) is 0. The first-order chi connectivity index (χ1) is 9.55. The zero-order valence-corrected chi connectivity index (χ0v) is 12.2. The summed E-state index contributed by atoms with van der Waals surface area (Å²) in [5, 5.41) is 3.20. The molecule has 0 aromatic carbocycles. The zero-order valence-electron chi connectivity index (χ0n) is 12.2. The predicted octanol–water partition coefficient (Wildman–Crippen LogP) is 2.19. The van der Waals surface area contributed by atoms with E-state index in [-0.39, 0.29) is 23.5 Å². The largest absolute Gasteiger partial charge is 0.375 e. The van der Waals surface area contributed by atoms with Crippen LogP contribution in [0.4, 0.5) is 0 Å². The fourth-order valence-electron chi connectivity index (χ4n) is 3.32. The summed E-state index contributed by atoms with van der Waals surface area (Å²) in [5.41, 5.74) is 2.05. The van der Waals surface area contributed by atoms with Gasteiger partial charge in [-0.15, -0.1) is 0 Å². The van der Waals surface area contributed by atoms with Crippen LogP contribution in [-0.4, -0.2) is 29.1 Å². The van der Waals surface area contributed by atoms with Gasteiger partial charge in [-0.2, -0.15) is 0 Å². The number of fused-ring (bicyclic) bond motifs is 1. The highest BCUT2D eigenvalue weighted by atomic mass is 16.5. The molecule has 3 rings (SSSR count). The van der Waals surface area contributed by atoms with Crippen molar-refractivity contribution < 1.29 is 9.53 Å². The molecule has 4 nitrogen and oxygen atoms in total. The third-order valence-electron chi connectivity index (χ3n) is 4.32. The van der Waals surface area contributed by atoms with E-state index in [1.807, 2.05) is 6.07 Å². The number of ether oxygens (including phenoxy) is 1. The first kappa shape index (κ1) is 13.6. The van der Waals surface area contributed by atoms with Crippen LogP contribution in [0.2, 0.25) is 0 Å². The number of amides is 1. The SMILES string of the molecule is CC1(C)C[C@@H](NC(=O)[C@@H]2CCc3cccnc32)CCO1. The summed E-state index contributed by atoms with van der Waals surface area (Å²) >= 11 is 0. The molecule has 2 atom stereocenters. The Labute approximate surface area is 119 Å². The van der Waals surface area contributed by atoms with Gasteiger partial charge in [0.2, 0.25) is 5.91 Å². The van der Waals surface area contributed by atoms with Crippen molar-refractivity contribution in [3.05, 3.63) is 29.6 Å². The fraction of sp³-hybridized carbons (Fsp3) is 0.625. The Morgan fingerprint density at radius 1 is 1.45 bits per heavy atom. The molecule has 0 unspecified atom stereocenters. The topological polar surface area (TPSA) is 51.2 Å². The minimum absolute atomic E-state index is 0.0721. The number of pyridine rings is 1. The lowest BCUT2D eigenvalue weighted by Gasteiger charge is -2.36. The second-order valence-corrected chi connectivity index (χ2v) is 6.45. The molecular formula is C16H22N2O2. The van der Waals surface area contributed by atoms with Crippen molar-refractivity contribution >= 4 is 5.91 Å². The number of hydrogen-bond donors (Lipinski definition) is 1. The van der Waals surface area contributed by atoms with Gasteiger partial charge in [-0.25, -0.2) is 0 Å². The van der Waals surface area contributed by atoms with Crippen molar-refractivity contribution in [2.24, 2.45) is 0 Å². The number of hydrogen-bond acceptors (Lipinski definition) is 3. The van der Waals surface area contributed by atoms with Gasteiger partial charge in [0.25, 0.3) is 0 Å². The second-order valence-electron chi connectivity index (χ2n) is 6.45. The third kappa shape index (κ3) is 2.70. The lowest BCUT2D eigenvalue weighted by molar-refractivity contribution is -0.125. The second kappa shape index (κ2) is 5.17. The molecule has 0 radical (unpaired) electrons. The molecule has 0 spiro atoms. The zero-order chi connectivity index (χ0) is 14.2. The average Bonchev–Trinajstić information content (AvgIpc) is 2.81. The van der Waals surface area contributed by atoms with E-state index in [4.69, 9.17) is 4.74 Å². The van der Waals surface area contributed by atoms with E-state index < -0.39 is 0 Å². The van der Waals surface area contributed by atoms with Crippen LogP contribution in [0.1, 0.15) is 50.3 Å².